The molecule has 21 heavy (non-hydrogen) atoms. The maximum Gasteiger partial charge on any atom is 0.291 e. The smallest absolute Gasteiger partial charge is 0.291 e. The van der Waals surface area contributed by atoms with Crippen molar-refractivity contribution in [3.8, 4) is 0 Å². The zero-order valence-corrected chi connectivity index (χ0v) is 12.4. The van der Waals surface area contributed by atoms with Crippen molar-refractivity contribution in [1.82, 2.24) is 25.4 Å². The molecule has 0 saturated carbocycles. The minimum atomic E-state index is -0.608. The maximum absolute atomic E-state index is 12.2. The van der Waals surface area contributed by atoms with Crippen molar-refractivity contribution in [2.75, 3.05) is 26.3 Å². The van der Waals surface area contributed by atoms with Gasteiger partial charge in [-0.25, -0.2) is 4.98 Å². The van der Waals surface area contributed by atoms with Crippen molar-refractivity contribution >= 4 is 11.8 Å². The highest BCUT2D eigenvalue weighted by Crippen LogP contribution is 2.02. The average Bonchev–Trinajstić information content (AvgIpc) is 2.96. The van der Waals surface area contributed by atoms with E-state index in [9.17, 15) is 9.59 Å². The largest absolute Gasteiger partial charge is 0.378 e. The Kier molecular flexibility index (Phi) is 5.26. The molecule has 1 saturated heterocycles. The maximum atomic E-state index is 12.2. The minimum Gasteiger partial charge on any atom is -0.378 e. The summed E-state index contributed by atoms with van der Waals surface area (Å²) in [5.41, 5.74) is 0. The van der Waals surface area contributed by atoms with E-state index in [1.807, 2.05) is 6.92 Å². The van der Waals surface area contributed by atoms with Gasteiger partial charge in [-0.05, 0) is 13.3 Å². The minimum absolute atomic E-state index is 0.0695. The molecular weight excluding hydrogens is 274 g/mol. The molecule has 1 fully saturated rings. The van der Waals surface area contributed by atoms with Gasteiger partial charge in [0, 0.05) is 19.5 Å². The van der Waals surface area contributed by atoms with E-state index >= 15 is 0 Å². The second kappa shape index (κ2) is 7.16. The number of carbonyl (C=O) groups excluding carboxylic acids is 2. The third-order valence-corrected chi connectivity index (χ3v) is 3.26. The van der Waals surface area contributed by atoms with Crippen molar-refractivity contribution in [3.05, 3.63) is 11.6 Å². The van der Waals surface area contributed by atoms with Crippen LogP contribution in [0, 0.1) is 0 Å². The van der Waals surface area contributed by atoms with Crippen molar-refractivity contribution in [3.63, 3.8) is 0 Å². The average molecular weight is 295 g/mol. The fourth-order valence-corrected chi connectivity index (χ4v) is 2.13. The van der Waals surface area contributed by atoms with Crippen LogP contribution in [0.3, 0.4) is 0 Å². The molecule has 1 aliphatic heterocycles. The van der Waals surface area contributed by atoms with Crippen LogP contribution in [0.25, 0.3) is 0 Å². The zero-order chi connectivity index (χ0) is 15.2. The summed E-state index contributed by atoms with van der Waals surface area (Å²) >= 11 is 0. The topological polar surface area (TPSA) is 100 Å². The highest BCUT2D eigenvalue weighted by atomic mass is 16.5. The van der Waals surface area contributed by atoms with Gasteiger partial charge in [0.15, 0.2) is 0 Å². The van der Waals surface area contributed by atoms with E-state index in [2.05, 4.69) is 20.5 Å². The SMILES string of the molecule is CCCc1nc(C(=O)NC(C)C(=O)N2CCOCC2)n[nH]1. The van der Waals surface area contributed by atoms with E-state index in [1.165, 1.54) is 0 Å². The molecule has 8 nitrogen and oxygen atoms in total. The molecule has 2 rings (SSSR count). The number of amides is 2. The Morgan fingerprint density at radius 2 is 2.14 bits per heavy atom. The lowest BCUT2D eigenvalue weighted by molar-refractivity contribution is -0.136. The fourth-order valence-electron chi connectivity index (χ4n) is 2.13. The van der Waals surface area contributed by atoms with Gasteiger partial charge < -0.3 is 15.0 Å². The first-order valence-electron chi connectivity index (χ1n) is 7.20. The number of ether oxygens (including phenoxy) is 1. The molecule has 0 aromatic carbocycles. The normalized spacial score (nSPS) is 16.6. The highest BCUT2D eigenvalue weighted by Gasteiger charge is 2.25. The number of rotatable bonds is 5. The van der Waals surface area contributed by atoms with Crippen molar-refractivity contribution in [1.29, 1.82) is 0 Å². The number of H-pyrrole nitrogens is 1. The van der Waals surface area contributed by atoms with Crippen LogP contribution in [0.1, 0.15) is 36.7 Å². The van der Waals surface area contributed by atoms with Crippen molar-refractivity contribution in [2.45, 2.75) is 32.7 Å². The second-order valence-corrected chi connectivity index (χ2v) is 4.99. The summed E-state index contributed by atoms with van der Waals surface area (Å²) in [7, 11) is 0. The molecule has 8 heteroatoms. The number of carbonyl (C=O) groups is 2. The lowest BCUT2D eigenvalue weighted by Gasteiger charge is -2.29. The zero-order valence-electron chi connectivity index (χ0n) is 12.4. The van der Waals surface area contributed by atoms with E-state index in [1.54, 1.807) is 11.8 Å². The van der Waals surface area contributed by atoms with Crippen LogP contribution in [0.2, 0.25) is 0 Å². The lowest BCUT2D eigenvalue weighted by Crippen LogP contribution is -2.50. The standard InChI is InChI=1S/C13H21N5O3/c1-3-4-10-15-11(17-16-10)12(19)14-9(2)13(20)18-5-7-21-8-6-18/h9H,3-8H2,1-2H3,(H,14,19)(H,15,16,17). The Labute approximate surface area is 123 Å². The number of hydrogen-bond acceptors (Lipinski definition) is 5. The molecule has 116 valence electrons. The van der Waals surface area contributed by atoms with Gasteiger partial charge in [-0.2, -0.15) is 0 Å². The van der Waals surface area contributed by atoms with Gasteiger partial charge >= 0.3 is 0 Å². The molecule has 1 aliphatic rings. The quantitative estimate of drug-likeness (QED) is 0.779. The Hall–Kier alpha value is -1.96. The molecule has 2 heterocycles. The van der Waals surface area contributed by atoms with Crippen LogP contribution in [0.15, 0.2) is 0 Å². The fraction of sp³-hybridized carbons (Fsp3) is 0.692. The molecule has 0 radical (unpaired) electrons. The third kappa shape index (κ3) is 4.01. The summed E-state index contributed by atoms with van der Waals surface area (Å²) in [5, 5.41) is 9.22. The second-order valence-electron chi connectivity index (χ2n) is 4.99. The number of morpholine rings is 1. The highest BCUT2D eigenvalue weighted by molar-refractivity contribution is 5.94. The Morgan fingerprint density at radius 1 is 1.43 bits per heavy atom. The Balaban J connectivity index is 1.89. The molecule has 2 N–H and O–H groups in total. The van der Waals surface area contributed by atoms with Crippen LogP contribution >= 0.6 is 0 Å². The molecule has 0 aliphatic carbocycles. The van der Waals surface area contributed by atoms with E-state index in [0.717, 1.165) is 12.8 Å². The van der Waals surface area contributed by atoms with Gasteiger partial charge in [0.1, 0.15) is 11.9 Å². The van der Waals surface area contributed by atoms with Crippen LogP contribution in [0.4, 0.5) is 0 Å². The summed E-state index contributed by atoms with van der Waals surface area (Å²) in [6, 6.07) is -0.608. The van der Waals surface area contributed by atoms with Gasteiger partial charge in [-0.3, -0.25) is 14.7 Å². The van der Waals surface area contributed by atoms with E-state index in [0.29, 0.717) is 32.1 Å². The molecule has 0 bridgehead atoms. The van der Waals surface area contributed by atoms with Crippen LogP contribution in [0.5, 0.6) is 0 Å². The Bertz CT molecular complexity index is 496. The van der Waals surface area contributed by atoms with E-state index < -0.39 is 11.9 Å². The van der Waals surface area contributed by atoms with Crippen LogP contribution < -0.4 is 5.32 Å². The number of nitrogens with zero attached hydrogens (tertiary/aromatic N) is 3. The number of nitrogens with one attached hydrogen (secondary N) is 2. The first-order chi connectivity index (χ1) is 10.1. The van der Waals surface area contributed by atoms with E-state index in [4.69, 9.17) is 4.74 Å². The summed E-state index contributed by atoms with van der Waals surface area (Å²) in [5.74, 6) is 0.188. The van der Waals surface area contributed by atoms with Gasteiger partial charge in [0.05, 0.1) is 13.2 Å². The lowest BCUT2D eigenvalue weighted by atomic mass is 10.2. The molecule has 1 atom stereocenters. The molecular formula is C13H21N5O3. The van der Waals surface area contributed by atoms with Gasteiger partial charge in [0.25, 0.3) is 5.91 Å². The summed E-state index contributed by atoms with van der Waals surface area (Å²) in [4.78, 5) is 30.0. The Morgan fingerprint density at radius 3 is 2.81 bits per heavy atom. The van der Waals surface area contributed by atoms with Crippen molar-refractivity contribution in [2.24, 2.45) is 0 Å². The number of aromatic nitrogens is 3. The van der Waals surface area contributed by atoms with Gasteiger partial charge in [0.2, 0.25) is 11.7 Å². The predicted octanol–water partition coefficient (Wildman–Crippen LogP) is -0.266. The van der Waals surface area contributed by atoms with Crippen LogP contribution in [-0.2, 0) is 16.0 Å². The number of aromatic amines is 1. The number of hydrogen-bond donors (Lipinski definition) is 2. The predicted molar refractivity (Wildman–Crippen MR) is 74.7 cm³/mol. The van der Waals surface area contributed by atoms with E-state index in [-0.39, 0.29) is 11.7 Å². The molecule has 1 aromatic heterocycles. The summed E-state index contributed by atoms with van der Waals surface area (Å²) < 4.78 is 5.20. The van der Waals surface area contributed by atoms with Gasteiger partial charge in [-0.15, -0.1) is 5.10 Å². The summed E-state index contributed by atoms with van der Waals surface area (Å²) in [6.07, 6.45) is 1.66. The number of aryl methyl sites for hydroxylation is 1. The molecule has 0 spiro atoms. The van der Waals surface area contributed by atoms with Crippen molar-refractivity contribution < 1.29 is 14.3 Å². The monoisotopic (exact) mass is 295 g/mol. The third-order valence-electron chi connectivity index (χ3n) is 3.26. The van der Waals surface area contributed by atoms with Gasteiger partial charge in [-0.1, -0.05) is 6.92 Å². The summed E-state index contributed by atoms with van der Waals surface area (Å²) in [6.45, 7) is 5.86. The molecule has 1 aromatic rings. The first-order valence-corrected chi connectivity index (χ1v) is 7.20. The molecule has 1 unspecified atom stereocenters. The molecule has 2 amide bonds. The first kappa shape index (κ1) is 15.4. The van der Waals surface area contributed by atoms with Crippen LogP contribution in [-0.4, -0.2) is 64.2 Å².